The minimum Gasteiger partial charge on any atom is -0.343 e. The Bertz CT molecular complexity index is 388. The van der Waals surface area contributed by atoms with Crippen LogP contribution in [0.5, 0.6) is 0 Å². The molecule has 0 spiro atoms. The SMILES string of the molecule is Clc1cnc(CNCc2ncon2)s1. The van der Waals surface area contributed by atoms with Gasteiger partial charge in [-0.3, -0.25) is 0 Å². The van der Waals surface area contributed by atoms with Crippen molar-refractivity contribution in [2.75, 3.05) is 0 Å². The van der Waals surface area contributed by atoms with Gasteiger partial charge in [0.15, 0.2) is 5.82 Å². The zero-order valence-corrected chi connectivity index (χ0v) is 8.68. The number of thiazole rings is 1. The first-order valence-electron chi connectivity index (χ1n) is 3.91. The molecule has 5 nitrogen and oxygen atoms in total. The quantitative estimate of drug-likeness (QED) is 0.862. The number of hydrogen-bond acceptors (Lipinski definition) is 6. The molecule has 0 bridgehead atoms. The Kier molecular flexibility index (Phi) is 3.07. The molecule has 0 amide bonds. The van der Waals surface area contributed by atoms with Crippen molar-refractivity contribution < 1.29 is 4.52 Å². The molecule has 74 valence electrons. The predicted octanol–water partition coefficient (Wildman–Crippen LogP) is 1.47. The minimum absolute atomic E-state index is 0.563. The normalized spacial score (nSPS) is 10.6. The maximum atomic E-state index is 5.73. The second kappa shape index (κ2) is 4.50. The van der Waals surface area contributed by atoms with Crippen molar-refractivity contribution in [3.63, 3.8) is 0 Å². The first-order chi connectivity index (χ1) is 6.84. The van der Waals surface area contributed by atoms with E-state index in [1.807, 2.05) is 0 Å². The van der Waals surface area contributed by atoms with Crippen LogP contribution in [0.25, 0.3) is 0 Å². The number of rotatable bonds is 4. The zero-order valence-electron chi connectivity index (χ0n) is 7.11. The molecule has 0 saturated heterocycles. The average Bonchev–Trinajstić information content (AvgIpc) is 2.77. The van der Waals surface area contributed by atoms with Crippen LogP contribution in [0.4, 0.5) is 0 Å². The third-order valence-electron chi connectivity index (χ3n) is 1.49. The highest BCUT2D eigenvalue weighted by molar-refractivity contribution is 7.15. The van der Waals surface area contributed by atoms with Crippen molar-refractivity contribution >= 4 is 22.9 Å². The molecule has 2 rings (SSSR count). The lowest BCUT2D eigenvalue weighted by atomic mass is 10.5. The van der Waals surface area contributed by atoms with E-state index in [0.717, 1.165) is 5.01 Å². The number of nitrogens with one attached hydrogen (secondary N) is 1. The third kappa shape index (κ3) is 2.50. The molecule has 0 aliphatic carbocycles. The number of aromatic nitrogens is 3. The molecule has 0 unspecified atom stereocenters. The highest BCUT2D eigenvalue weighted by Crippen LogP contribution is 2.17. The van der Waals surface area contributed by atoms with E-state index in [1.165, 1.54) is 17.7 Å². The lowest BCUT2D eigenvalue weighted by molar-refractivity contribution is 0.407. The van der Waals surface area contributed by atoms with E-state index >= 15 is 0 Å². The third-order valence-corrected chi connectivity index (χ3v) is 2.61. The molecule has 1 N–H and O–H groups in total. The van der Waals surface area contributed by atoms with Gasteiger partial charge in [0.1, 0.15) is 9.34 Å². The average molecular weight is 231 g/mol. The van der Waals surface area contributed by atoms with Crippen molar-refractivity contribution in [2.24, 2.45) is 0 Å². The van der Waals surface area contributed by atoms with Crippen LogP contribution in [0.2, 0.25) is 4.34 Å². The molecule has 0 radical (unpaired) electrons. The Morgan fingerprint density at radius 2 is 2.36 bits per heavy atom. The van der Waals surface area contributed by atoms with Crippen LogP contribution < -0.4 is 5.32 Å². The summed E-state index contributed by atoms with van der Waals surface area (Å²) in [6.45, 7) is 1.22. The number of halogens is 1. The fourth-order valence-electron chi connectivity index (χ4n) is 0.921. The Morgan fingerprint density at radius 3 is 3.00 bits per heavy atom. The molecule has 14 heavy (non-hydrogen) atoms. The highest BCUT2D eigenvalue weighted by atomic mass is 35.5. The highest BCUT2D eigenvalue weighted by Gasteiger charge is 2.01. The summed E-state index contributed by atoms with van der Waals surface area (Å²) in [5, 5.41) is 7.73. The molecule has 2 heterocycles. The van der Waals surface area contributed by atoms with E-state index < -0.39 is 0 Å². The standard InChI is InChI=1S/C7H7ClN4OS/c8-5-1-10-7(14-5)3-9-2-6-11-4-13-12-6/h1,4,9H,2-3H2. The molecule has 0 aliphatic rings. The van der Waals surface area contributed by atoms with Crippen LogP contribution in [-0.2, 0) is 13.1 Å². The lowest BCUT2D eigenvalue weighted by Gasteiger charge is -1.96. The predicted molar refractivity (Wildman–Crippen MR) is 52.0 cm³/mol. The van der Waals surface area contributed by atoms with E-state index in [0.29, 0.717) is 23.3 Å². The molecule has 0 aromatic carbocycles. The van der Waals surface area contributed by atoms with Crippen molar-refractivity contribution in [1.82, 2.24) is 20.4 Å². The van der Waals surface area contributed by atoms with Gasteiger partial charge in [0.05, 0.1) is 12.7 Å². The first-order valence-corrected chi connectivity index (χ1v) is 5.10. The molecular weight excluding hydrogens is 224 g/mol. The van der Waals surface area contributed by atoms with Crippen LogP contribution in [-0.4, -0.2) is 15.1 Å². The summed E-state index contributed by atoms with van der Waals surface area (Å²) in [6, 6.07) is 0. The molecule has 7 heteroatoms. The molecule has 0 saturated carbocycles. The minimum atomic E-state index is 0.563. The zero-order chi connectivity index (χ0) is 9.80. The molecular formula is C7H7ClN4OS. The molecule has 0 fully saturated rings. The van der Waals surface area contributed by atoms with Gasteiger partial charge in [-0.25, -0.2) is 4.98 Å². The van der Waals surface area contributed by atoms with Gasteiger partial charge in [-0.2, -0.15) is 4.98 Å². The molecule has 0 atom stereocenters. The van der Waals surface area contributed by atoms with Crippen LogP contribution in [0.1, 0.15) is 10.8 Å². The molecule has 0 aliphatic heterocycles. The Hall–Kier alpha value is -0.980. The maximum absolute atomic E-state index is 5.73. The van der Waals surface area contributed by atoms with Crippen LogP contribution >= 0.6 is 22.9 Å². The summed E-state index contributed by atoms with van der Waals surface area (Å²) in [5.41, 5.74) is 0. The van der Waals surface area contributed by atoms with Crippen molar-refractivity contribution in [3.8, 4) is 0 Å². The number of hydrogen-bond donors (Lipinski definition) is 1. The van der Waals surface area contributed by atoms with Crippen LogP contribution in [0, 0.1) is 0 Å². The largest absolute Gasteiger partial charge is 0.343 e. The van der Waals surface area contributed by atoms with Crippen molar-refractivity contribution in [2.45, 2.75) is 13.1 Å². The van der Waals surface area contributed by atoms with Crippen LogP contribution in [0.15, 0.2) is 17.1 Å². The Labute approximate surface area is 89.1 Å². The summed E-state index contributed by atoms with van der Waals surface area (Å²) < 4.78 is 5.28. The Morgan fingerprint density at radius 1 is 1.43 bits per heavy atom. The van der Waals surface area contributed by atoms with Gasteiger partial charge in [-0.1, -0.05) is 16.8 Å². The molecule has 2 aromatic heterocycles. The number of nitrogens with zero attached hydrogens (tertiary/aromatic N) is 3. The summed E-state index contributed by atoms with van der Waals surface area (Å²) >= 11 is 7.18. The van der Waals surface area contributed by atoms with Gasteiger partial charge in [-0.15, -0.1) is 11.3 Å². The van der Waals surface area contributed by atoms with Gasteiger partial charge in [0.2, 0.25) is 6.39 Å². The second-order valence-electron chi connectivity index (χ2n) is 2.51. The summed E-state index contributed by atoms with van der Waals surface area (Å²) in [5.74, 6) is 0.632. The second-order valence-corrected chi connectivity index (χ2v) is 4.26. The van der Waals surface area contributed by atoms with Crippen molar-refractivity contribution in [1.29, 1.82) is 0 Å². The van der Waals surface area contributed by atoms with E-state index in [1.54, 1.807) is 6.20 Å². The van der Waals surface area contributed by atoms with Gasteiger partial charge in [0.25, 0.3) is 0 Å². The lowest BCUT2D eigenvalue weighted by Crippen LogP contribution is -2.13. The summed E-state index contributed by atoms with van der Waals surface area (Å²) in [4.78, 5) is 7.96. The van der Waals surface area contributed by atoms with Gasteiger partial charge < -0.3 is 9.84 Å². The Balaban J connectivity index is 1.78. The smallest absolute Gasteiger partial charge is 0.213 e. The van der Waals surface area contributed by atoms with Gasteiger partial charge in [-0.05, 0) is 0 Å². The van der Waals surface area contributed by atoms with Gasteiger partial charge in [0, 0.05) is 6.54 Å². The van der Waals surface area contributed by atoms with E-state index in [2.05, 4.69) is 25.0 Å². The topological polar surface area (TPSA) is 63.8 Å². The first kappa shape index (κ1) is 9.57. The maximum Gasteiger partial charge on any atom is 0.213 e. The molecule has 2 aromatic rings. The van der Waals surface area contributed by atoms with E-state index in [-0.39, 0.29) is 0 Å². The van der Waals surface area contributed by atoms with Gasteiger partial charge >= 0.3 is 0 Å². The van der Waals surface area contributed by atoms with E-state index in [4.69, 9.17) is 11.6 Å². The fraction of sp³-hybridized carbons (Fsp3) is 0.286. The summed E-state index contributed by atoms with van der Waals surface area (Å²) in [6.07, 6.45) is 2.94. The van der Waals surface area contributed by atoms with Crippen molar-refractivity contribution in [3.05, 3.63) is 27.8 Å². The van der Waals surface area contributed by atoms with Crippen LogP contribution in [0.3, 0.4) is 0 Å². The fourth-order valence-corrected chi connectivity index (χ4v) is 1.85. The summed E-state index contributed by atoms with van der Waals surface area (Å²) in [7, 11) is 0. The monoisotopic (exact) mass is 230 g/mol. The van der Waals surface area contributed by atoms with E-state index in [9.17, 15) is 0 Å².